The van der Waals surface area contributed by atoms with E-state index in [2.05, 4.69) is 22.1 Å². The highest BCUT2D eigenvalue weighted by atomic mass is 14.7. The topological polar surface area (TPSA) is 51.3 Å². The monoisotopic (exact) mass is 287 g/mol. The van der Waals surface area contributed by atoms with Crippen LogP contribution < -0.4 is 5.73 Å². The quantitative estimate of drug-likeness (QED) is 0.575. The predicted molar refractivity (Wildman–Crippen MR) is 92.4 cm³/mol. The van der Waals surface area contributed by atoms with E-state index in [4.69, 9.17) is 5.73 Å². The lowest BCUT2D eigenvalue weighted by atomic mass is 10.1. The number of hydrogen-bond acceptors (Lipinski definition) is 3. The number of nitrogens with zero attached hydrogens (tertiary/aromatic N) is 2. The van der Waals surface area contributed by atoms with E-state index in [1.54, 1.807) is 6.20 Å². The maximum atomic E-state index is 5.71. The predicted octanol–water partition coefficient (Wildman–Crippen LogP) is 4.28. The second kappa shape index (κ2) is 6.68. The largest absolute Gasteiger partial charge is 0.399 e. The number of anilines is 1. The van der Waals surface area contributed by atoms with E-state index in [1.807, 2.05) is 60.8 Å². The van der Waals surface area contributed by atoms with E-state index in [9.17, 15) is 0 Å². The van der Waals surface area contributed by atoms with Crippen molar-refractivity contribution in [3.8, 4) is 11.1 Å². The lowest BCUT2D eigenvalue weighted by Gasteiger charge is -2.02. The van der Waals surface area contributed by atoms with Crippen molar-refractivity contribution in [2.75, 3.05) is 5.73 Å². The second-order valence-corrected chi connectivity index (χ2v) is 5.01. The molecule has 0 saturated carbocycles. The Morgan fingerprint density at radius 1 is 0.864 bits per heavy atom. The summed E-state index contributed by atoms with van der Waals surface area (Å²) >= 11 is 0. The van der Waals surface area contributed by atoms with Crippen molar-refractivity contribution in [3.63, 3.8) is 0 Å². The van der Waals surface area contributed by atoms with Crippen LogP contribution in [0.2, 0.25) is 0 Å². The van der Waals surface area contributed by atoms with Gasteiger partial charge in [-0.3, -0.25) is 9.98 Å². The molecule has 3 rings (SSSR count). The molecule has 1 heterocycles. The molecular formula is C19H17N3. The van der Waals surface area contributed by atoms with E-state index < -0.39 is 0 Å². The van der Waals surface area contributed by atoms with Crippen molar-refractivity contribution >= 4 is 17.6 Å². The third-order valence-electron chi connectivity index (χ3n) is 3.38. The van der Waals surface area contributed by atoms with Crippen molar-refractivity contribution in [1.29, 1.82) is 0 Å². The van der Waals surface area contributed by atoms with Gasteiger partial charge < -0.3 is 5.73 Å². The maximum absolute atomic E-state index is 5.71. The molecule has 108 valence electrons. The van der Waals surface area contributed by atoms with Gasteiger partial charge in [-0.05, 0) is 47.5 Å². The molecule has 22 heavy (non-hydrogen) atoms. The van der Waals surface area contributed by atoms with E-state index in [-0.39, 0.29) is 0 Å². The highest BCUT2D eigenvalue weighted by Crippen LogP contribution is 2.23. The number of nitrogen functional groups attached to an aromatic ring is 1. The number of benzene rings is 2. The van der Waals surface area contributed by atoms with Crippen LogP contribution in [-0.4, -0.2) is 11.2 Å². The van der Waals surface area contributed by atoms with Gasteiger partial charge >= 0.3 is 0 Å². The zero-order valence-electron chi connectivity index (χ0n) is 12.2. The standard InChI is InChI=1S/C19H17N3/c20-17-8-4-15(5-9-17)16-6-10-19(11-7-16)22-14-12-18-3-1-2-13-21-18/h1-11,13-14H,12,20H2. The molecule has 0 fully saturated rings. The molecule has 0 amide bonds. The minimum atomic E-state index is 0.737. The van der Waals surface area contributed by atoms with Crippen molar-refractivity contribution in [2.24, 2.45) is 4.99 Å². The molecule has 2 aromatic carbocycles. The molecule has 0 unspecified atom stereocenters. The lowest BCUT2D eigenvalue weighted by Crippen LogP contribution is -1.88. The van der Waals surface area contributed by atoms with Gasteiger partial charge in [0.2, 0.25) is 0 Å². The first-order chi connectivity index (χ1) is 10.8. The van der Waals surface area contributed by atoms with Crippen LogP contribution in [0.15, 0.2) is 77.9 Å². The maximum Gasteiger partial charge on any atom is 0.0626 e. The van der Waals surface area contributed by atoms with Crippen LogP contribution in [0.1, 0.15) is 5.69 Å². The lowest BCUT2D eigenvalue weighted by molar-refractivity contribution is 1.15. The van der Waals surface area contributed by atoms with Gasteiger partial charge in [0, 0.05) is 30.2 Å². The molecule has 3 nitrogen and oxygen atoms in total. The molecule has 0 bridgehead atoms. The summed E-state index contributed by atoms with van der Waals surface area (Å²) in [6, 6.07) is 21.9. The first kappa shape index (κ1) is 14.0. The fourth-order valence-corrected chi connectivity index (χ4v) is 2.18. The van der Waals surface area contributed by atoms with Crippen LogP contribution >= 0.6 is 0 Å². The summed E-state index contributed by atoms with van der Waals surface area (Å²) in [7, 11) is 0. The fourth-order valence-electron chi connectivity index (χ4n) is 2.18. The average molecular weight is 287 g/mol. The van der Waals surface area contributed by atoms with Crippen LogP contribution in [0.3, 0.4) is 0 Å². The zero-order valence-corrected chi connectivity index (χ0v) is 12.2. The average Bonchev–Trinajstić information content (AvgIpc) is 2.57. The van der Waals surface area contributed by atoms with Crippen molar-refractivity contribution in [3.05, 3.63) is 78.6 Å². The summed E-state index contributed by atoms with van der Waals surface area (Å²) in [6.45, 7) is 0. The minimum Gasteiger partial charge on any atom is -0.399 e. The van der Waals surface area contributed by atoms with Gasteiger partial charge in [-0.15, -0.1) is 0 Å². The Labute approximate surface area is 130 Å². The number of aromatic nitrogens is 1. The minimum absolute atomic E-state index is 0.737. The molecule has 2 N–H and O–H groups in total. The number of pyridine rings is 1. The third kappa shape index (κ3) is 3.58. The summed E-state index contributed by atoms with van der Waals surface area (Å²) in [5.74, 6) is 0. The van der Waals surface area contributed by atoms with Crippen LogP contribution in [0.5, 0.6) is 0 Å². The second-order valence-electron chi connectivity index (χ2n) is 5.01. The summed E-state index contributed by atoms with van der Waals surface area (Å²) in [5, 5.41) is 0. The van der Waals surface area contributed by atoms with Crippen molar-refractivity contribution < 1.29 is 0 Å². The van der Waals surface area contributed by atoms with Gasteiger partial charge in [0.05, 0.1) is 5.69 Å². The van der Waals surface area contributed by atoms with Gasteiger partial charge in [-0.1, -0.05) is 30.3 Å². The molecule has 0 aliphatic heterocycles. The molecule has 0 spiro atoms. The van der Waals surface area contributed by atoms with Gasteiger partial charge in [0.15, 0.2) is 0 Å². The molecule has 0 radical (unpaired) electrons. The molecule has 3 heteroatoms. The smallest absolute Gasteiger partial charge is 0.0626 e. The number of aliphatic imine (C=N–C) groups is 1. The number of rotatable bonds is 4. The van der Waals surface area contributed by atoms with Gasteiger partial charge in [-0.2, -0.15) is 0 Å². The zero-order chi connectivity index (χ0) is 15.2. The Hall–Kier alpha value is -2.94. The summed E-state index contributed by atoms with van der Waals surface area (Å²) in [6.07, 6.45) is 4.42. The third-order valence-corrected chi connectivity index (χ3v) is 3.38. The Morgan fingerprint density at radius 2 is 1.55 bits per heavy atom. The summed E-state index contributed by atoms with van der Waals surface area (Å²) in [5.41, 5.74) is 10.8. The molecule has 3 aromatic rings. The Kier molecular flexibility index (Phi) is 4.25. The van der Waals surface area contributed by atoms with Gasteiger partial charge in [0.25, 0.3) is 0 Å². The highest BCUT2D eigenvalue weighted by Gasteiger charge is 1.97. The fraction of sp³-hybridized carbons (Fsp3) is 0.0526. The normalized spacial score (nSPS) is 10.9. The van der Waals surface area contributed by atoms with Crippen LogP contribution in [-0.2, 0) is 6.42 Å². The summed E-state index contributed by atoms with van der Waals surface area (Å²) < 4.78 is 0. The molecule has 0 aliphatic rings. The summed E-state index contributed by atoms with van der Waals surface area (Å²) in [4.78, 5) is 8.73. The molecular weight excluding hydrogens is 270 g/mol. The van der Waals surface area contributed by atoms with Crippen molar-refractivity contribution in [2.45, 2.75) is 6.42 Å². The Bertz CT molecular complexity index is 745. The van der Waals surface area contributed by atoms with E-state index >= 15 is 0 Å². The Morgan fingerprint density at radius 3 is 2.18 bits per heavy atom. The first-order valence-electron chi connectivity index (χ1n) is 7.20. The van der Waals surface area contributed by atoms with E-state index in [0.717, 1.165) is 34.6 Å². The van der Waals surface area contributed by atoms with E-state index in [1.165, 1.54) is 0 Å². The molecule has 0 atom stereocenters. The SMILES string of the molecule is Nc1ccc(-c2ccc(N=CCc3ccccn3)cc2)cc1. The van der Waals surface area contributed by atoms with Crippen molar-refractivity contribution in [1.82, 2.24) is 4.98 Å². The van der Waals surface area contributed by atoms with Crippen LogP contribution in [0.25, 0.3) is 11.1 Å². The van der Waals surface area contributed by atoms with Crippen LogP contribution in [0, 0.1) is 0 Å². The first-order valence-corrected chi connectivity index (χ1v) is 7.20. The molecule has 0 aliphatic carbocycles. The van der Waals surface area contributed by atoms with E-state index in [0.29, 0.717) is 0 Å². The van der Waals surface area contributed by atoms with Gasteiger partial charge in [-0.25, -0.2) is 0 Å². The number of hydrogen-bond donors (Lipinski definition) is 1. The highest BCUT2D eigenvalue weighted by molar-refractivity contribution is 5.69. The van der Waals surface area contributed by atoms with Gasteiger partial charge in [0.1, 0.15) is 0 Å². The van der Waals surface area contributed by atoms with Crippen LogP contribution in [0.4, 0.5) is 11.4 Å². The Balaban J connectivity index is 1.68. The molecule has 1 aromatic heterocycles. The molecule has 0 saturated heterocycles. The number of nitrogens with two attached hydrogens (primary N) is 1.